The molecule has 19 heavy (non-hydrogen) atoms. The van der Waals surface area contributed by atoms with E-state index in [1.807, 2.05) is 6.07 Å². The van der Waals surface area contributed by atoms with Crippen molar-refractivity contribution in [1.29, 1.82) is 0 Å². The van der Waals surface area contributed by atoms with Crippen LogP contribution in [0.15, 0.2) is 42.5 Å². The van der Waals surface area contributed by atoms with Crippen LogP contribution in [-0.4, -0.2) is 6.54 Å². The normalized spacial score (nSPS) is 12.4. The van der Waals surface area contributed by atoms with Crippen molar-refractivity contribution in [2.45, 2.75) is 26.8 Å². The smallest absolute Gasteiger partial charge is 0.123 e. The molecule has 2 aromatic rings. The van der Waals surface area contributed by atoms with E-state index >= 15 is 0 Å². The molecule has 0 saturated carbocycles. The Labute approximate surface area is 114 Å². The summed E-state index contributed by atoms with van der Waals surface area (Å²) in [6, 6.07) is 13.3. The molecule has 0 amide bonds. The van der Waals surface area contributed by atoms with Crippen LogP contribution in [0.25, 0.3) is 0 Å². The Bertz CT molecular complexity index is 543. The average Bonchev–Trinajstić information content (AvgIpc) is 2.34. The third kappa shape index (κ3) is 3.42. The zero-order valence-corrected chi connectivity index (χ0v) is 11.7. The molecule has 0 bridgehead atoms. The first-order valence-electron chi connectivity index (χ1n) is 6.67. The van der Waals surface area contributed by atoms with E-state index in [1.165, 1.54) is 22.8 Å². The van der Waals surface area contributed by atoms with Crippen molar-refractivity contribution in [3.05, 3.63) is 70.5 Å². The summed E-state index contributed by atoms with van der Waals surface area (Å²) < 4.78 is 13.4. The average molecular weight is 257 g/mol. The Morgan fingerprint density at radius 1 is 1.00 bits per heavy atom. The van der Waals surface area contributed by atoms with E-state index in [0.717, 1.165) is 12.1 Å². The van der Waals surface area contributed by atoms with E-state index < -0.39 is 0 Å². The van der Waals surface area contributed by atoms with E-state index in [1.54, 1.807) is 12.1 Å². The van der Waals surface area contributed by atoms with Crippen LogP contribution < -0.4 is 5.32 Å². The minimum absolute atomic E-state index is 0.0410. The van der Waals surface area contributed by atoms with Crippen molar-refractivity contribution in [2.24, 2.45) is 0 Å². The maximum Gasteiger partial charge on any atom is 0.123 e. The summed E-state index contributed by atoms with van der Waals surface area (Å²) in [4.78, 5) is 0. The van der Waals surface area contributed by atoms with E-state index in [4.69, 9.17) is 0 Å². The summed E-state index contributed by atoms with van der Waals surface area (Å²) >= 11 is 0. The lowest BCUT2D eigenvalue weighted by Gasteiger charge is -2.20. The van der Waals surface area contributed by atoms with Crippen LogP contribution in [-0.2, 0) is 0 Å². The van der Waals surface area contributed by atoms with Gasteiger partial charge in [0.05, 0.1) is 6.04 Å². The lowest BCUT2D eigenvalue weighted by atomic mass is 9.95. The van der Waals surface area contributed by atoms with Gasteiger partial charge in [0, 0.05) is 0 Å². The molecule has 0 fully saturated rings. The van der Waals surface area contributed by atoms with Crippen molar-refractivity contribution in [2.75, 3.05) is 6.54 Å². The summed E-state index contributed by atoms with van der Waals surface area (Å²) in [5.41, 5.74) is 4.61. The molecule has 2 aromatic carbocycles. The number of hydrogen-bond acceptors (Lipinski definition) is 1. The van der Waals surface area contributed by atoms with Crippen molar-refractivity contribution in [3.8, 4) is 0 Å². The third-order valence-corrected chi connectivity index (χ3v) is 3.17. The molecule has 0 aromatic heterocycles. The van der Waals surface area contributed by atoms with Crippen LogP contribution >= 0.6 is 0 Å². The molecule has 2 rings (SSSR count). The number of rotatable bonds is 4. The van der Waals surface area contributed by atoms with Crippen LogP contribution in [0.2, 0.25) is 0 Å². The molecule has 100 valence electrons. The molecule has 0 saturated heterocycles. The molecule has 0 radical (unpaired) electrons. The van der Waals surface area contributed by atoms with Crippen molar-refractivity contribution < 1.29 is 4.39 Å². The summed E-state index contributed by atoms with van der Waals surface area (Å²) in [5.74, 6) is -0.190. The van der Waals surface area contributed by atoms with Gasteiger partial charge in [-0.15, -0.1) is 0 Å². The highest BCUT2D eigenvalue weighted by Crippen LogP contribution is 2.24. The molecule has 0 aliphatic rings. The number of benzene rings is 2. The van der Waals surface area contributed by atoms with Crippen molar-refractivity contribution in [1.82, 2.24) is 5.32 Å². The molecule has 0 spiro atoms. The first kappa shape index (κ1) is 13.8. The van der Waals surface area contributed by atoms with Crippen LogP contribution in [0.5, 0.6) is 0 Å². The van der Waals surface area contributed by atoms with Gasteiger partial charge in [-0.1, -0.05) is 48.4 Å². The Morgan fingerprint density at radius 3 is 2.26 bits per heavy atom. The number of hydrogen-bond donors (Lipinski definition) is 1. The molecular formula is C17H20FN. The van der Waals surface area contributed by atoms with Gasteiger partial charge >= 0.3 is 0 Å². The topological polar surface area (TPSA) is 12.0 Å². The summed E-state index contributed by atoms with van der Waals surface area (Å²) in [7, 11) is 0. The monoisotopic (exact) mass is 257 g/mol. The second kappa shape index (κ2) is 5.98. The molecule has 1 nitrogen and oxygen atoms in total. The number of nitrogens with one attached hydrogen (secondary N) is 1. The van der Waals surface area contributed by atoms with Crippen molar-refractivity contribution in [3.63, 3.8) is 0 Å². The van der Waals surface area contributed by atoms with Gasteiger partial charge in [-0.2, -0.15) is 0 Å². The Balaban J connectivity index is 2.44. The Hall–Kier alpha value is -1.67. The second-order valence-electron chi connectivity index (χ2n) is 4.97. The first-order valence-corrected chi connectivity index (χ1v) is 6.67. The van der Waals surface area contributed by atoms with Gasteiger partial charge < -0.3 is 5.32 Å². The van der Waals surface area contributed by atoms with Gasteiger partial charge in [-0.3, -0.25) is 0 Å². The Kier molecular flexibility index (Phi) is 4.33. The van der Waals surface area contributed by atoms with E-state index in [-0.39, 0.29) is 11.9 Å². The molecular weight excluding hydrogens is 237 g/mol. The van der Waals surface area contributed by atoms with Gasteiger partial charge in [0.1, 0.15) is 5.82 Å². The predicted molar refractivity (Wildman–Crippen MR) is 77.8 cm³/mol. The molecule has 1 unspecified atom stereocenters. The predicted octanol–water partition coefficient (Wildman–Crippen LogP) is 4.14. The molecule has 1 N–H and O–H groups in total. The zero-order valence-electron chi connectivity index (χ0n) is 11.7. The van der Waals surface area contributed by atoms with E-state index in [0.29, 0.717) is 0 Å². The van der Waals surface area contributed by atoms with E-state index in [2.05, 4.69) is 44.3 Å². The Morgan fingerprint density at radius 2 is 1.68 bits per heavy atom. The maximum atomic E-state index is 13.4. The second-order valence-corrected chi connectivity index (χ2v) is 4.97. The minimum atomic E-state index is -0.190. The van der Waals surface area contributed by atoms with Crippen LogP contribution in [0.1, 0.15) is 35.2 Å². The summed E-state index contributed by atoms with van der Waals surface area (Å²) in [5, 5.41) is 3.43. The highest BCUT2D eigenvalue weighted by atomic mass is 19.1. The molecule has 0 aliphatic carbocycles. The SMILES string of the molecule is CCNC(c1cc(C)cc(C)c1)c1cccc(F)c1. The van der Waals surface area contributed by atoms with Crippen LogP contribution in [0.3, 0.4) is 0 Å². The number of halogens is 1. The lowest BCUT2D eigenvalue weighted by molar-refractivity contribution is 0.603. The fraction of sp³-hybridized carbons (Fsp3) is 0.294. The third-order valence-electron chi connectivity index (χ3n) is 3.17. The fourth-order valence-corrected chi connectivity index (χ4v) is 2.49. The van der Waals surface area contributed by atoms with Gasteiger partial charge in [-0.25, -0.2) is 4.39 Å². The number of aryl methyl sites for hydroxylation is 2. The summed E-state index contributed by atoms with van der Waals surface area (Å²) in [6.45, 7) is 7.08. The van der Waals surface area contributed by atoms with E-state index in [9.17, 15) is 4.39 Å². The quantitative estimate of drug-likeness (QED) is 0.868. The van der Waals surface area contributed by atoms with Gasteiger partial charge in [-0.05, 0) is 43.7 Å². The first-order chi connectivity index (χ1) is 9.10. The lowest BCUT2D eigenvalue weighted by Crippen LogP contribution is -2.22. The summed E-state index contributed by atoms with van der Waals surface area (Å²) in [6.07, 6.45) is 0. The molecule has 1 atom stereocenters. The van der Waals surface area contributed by atoms with Gasteiger partial charge in [0.25, 0.3) is 0 Å². The standard InChI is InChI=1S/C17H20FN/c1-4-19-17(14-6-5-7-16(18)11-14)15-9-12(2)8-13(3)10-15/h5-11,17,19H,4H2,1-3H3. The van der Waals surface area contributed by atoms with Gasteiger partial charge in [0.2, 0.25) is 0 Å². The minimum Gasteiger partial charge on any atom is -0.307 e. The molecule has 0 heterocycles. The van der Waals surface area contributed by atoms with Crippen molar-refractivity contribution >= 4 is 0 Å². The fourth-order valence-electron chi connectivity index (χ4n) is 2.49. The van der Waals surface area contributed by atoms with Gasteiger partial charge in [0.15, 0.2) is 0 Å². The highest BCUT2D eigenvalue weighted by Gasteiger charge is 2.14. The zero-order chi connectivity index (χ0) is 13.8. The maximum absolute atomic E-state index is 13.4. The molecule has 2 heteroatoms. The van der Waals surface area contributed by atoms with Crippen LogP contribution in [0, 0.1) is 19.7 Å². The largest absolute Gasteiger partial charge is 0.307 e. The molecule has 0 aliphatic heterocycles. The highest BCUT2D eigenvalue weighted by molar-refractivity contribution is 5.37. The van der Waals surface area contributed by atoms with Crippen LogP contribution in [0.4, 0.5) is 4.39 Å².